The third kappa shape index (κ3) is 5.14. The molecule has 0 saturated heterocycles. The summed E-state index contributed by atoms with van der Waals surface area (Å²) in [5.41, 5.74) is 0. The molecular weight excluding hydrogens is 244 g/mol. The average Bonchev–Trinajstić information content (AvgIpc) is 2.65. The molecule has 7 nitrogen and oxygen atoms in total. The Labute approximate surface area is 101 Å². The summed E-state index contributed by atoms with van der Waals surface area (Å²) < 4.78 is 27.1. The van der Waals surface area contributed by atoms with Crippen molar-refractivity contribution >= 4 is 15.9 Å². The van der Waals surface area contributed by atoms with Gasteiger partial charge in [-0.05, 0) is 13.5 Å². The predicted octanol–water partition coefficient (Wildman–Crippen LogP) is 0.197. The Bertz CT molecular complexity index is 443. The van der Waals surface area contributed by atoms with Gasteiger partial charge in [-0.2, -0.15) is 0 Å². The van der Waals surface area contributed by atoms with Crippen LogP contribution in [0, 0.1) is 0 Å². The van der Waals surface area contributed by atoms with Crippen molar-refractivity contribution in [3.05, 3.63) is 5.89 Å². The number of sulfone groups is 1. The van der Waals surface area contributed by atoms with Gasteiger partial charge in [-0.1, -0.05) is 12.0 Å². The van der Waals surface area contributed by atoms with Gasteiger partial charge in [-0.15, -0.1) is 5.10 Å². The van der Waals surface area contributed by atoms with Gasteiger partial charge in [-0.3, -0.25) is 0 Å². The molecule has 0 radical (unpaired) electrons. The molecule has 1 aromatic heterocycles. The first-order valence-electron chi connectivity index (χ1n) is 5.40. The maximum absolute atomic E-state index is 10.9. The number of hydrogen-bond donors (Lipinski definition) is 2. The standard InChI is InChI=1S/C9H18N4O3S/c1-4-10-7(2)8-12-13-9(16-8)11-5-6-17(3,14)15/h7,10H,4-6H2,1-3H3,(H,11,13). The second-order valence-electron chi connectivity index (χ2n) is 3.78. The summed E-state index contributed by atoms with van der Waals surface area (Å²) in [5, 5.41) is 13.5. The maximum atomic E-state index is 10.9. The van der Waals surface area contributed by atoms with Crippen molar-refractivity contribution in [1.82, 2.24) is 15.5 Å². The van der Waals surface area contributed by atoms with Crippen LogP contribution in [0.1, 0.15) is 25.8 Å². The van der Waals surface area contributed by atoms with E-state index in [1.165, 1.54) is 6.26 Å². The van der Waals surface area contributed by atoms with Crippen LogP contribution in [-0.4, -0.2) is 43.7 Å². The average molecular weight is 262 g/mol. The van der Waals surface area contributed by atoms with Crippen molar-refractivity contribution in [2.45, 2.75) is 19.9 Å². The molecule has 2 N–H and O–H groups in total. The third-order valence-electron chi connectivity index (χ3n) is 2.07. The van der Waals surface area contributed by atoms with Crippen molar-refractivity contribution in [3.8, 4) is 0 Å². The van der Waals surface area contributed by atoms with Crippen molar-refractivity contribution in [2.24, 2.45) is 0 Å². The number of hydrogen-bond acceptors (Lipinski definition) is 7. The van der Waals surface area contributed by atoms with Crippen LogP contribution in [0.3, 0.4) is 0 Å². The second kappa shape index (κ2) is 5.97. The molecule has 0 amide bonds. The molecule has 1 unspecified atom stereocenters. The summed E-state index contributed by atoms with van der Waals surface area (Å²) in [6.45, 7) is 4.96. The highest BCUT2D eigenvalue weighted by Crippen LogP contribution is 2.12. The summed E-state index contributed by atoms with van der Waals surface area (Å²) in [6, 6.07) is 0.228. The van der Waals surface area contributed by atoms with Crippen LogP contribution < -0.4 is 10.6 Å². The zero-order chi connectivity index (χ0) is 12.9. The molecule has 8 heteroatoms. The summed E-state index contributed by atoms with van der Waals surface area (Å²) in [4.78, 5) is 0. The van der Waals surface area contributed by atoms with E-state index in [1.54, 1.807) is 0 Å². The zero-order valence-corrected chi connectivity index (χ0v) is 11.0. The minimum Gasteiger partial charge on any atom is -0.406 e. The third-order valence-corrected chi connectivity index (χ3v) is 3.02. The largest absolute Gasteiger partial charge is 0.406 e. The van der Waals surface area contributed by atoms with Gasteiger partial charge < -0.3 is 15.1 Å². The minimum atomic E-state index is -2.98. The topological polar surface area (TPSA) is 97.1 Å². The fourth-order valence-corrected chi connectivity index (χ4v) is 1.69. The molecule has 0 fully saturated rings. The van der Waals surface area contributed by atoms with Gasteiger partial charge in [0.25, 0.3) is 0 Å². The molecule has 0 aliphatic rings. The van der Waals surface area contributed by atoms with E-state index in [-0.39, 0.29) is 24.4 Å². The highest BCUT2D eigenvalue weighted by molar-refractivity contribution is 7.90. The van der Waals surface area contributed by atoms with E-state index < -0.39 is 9.84 Å². The van der Waals surface area contributed by atoms with Crippen LogP contribution in [0.5, 0.6) is 0 Å². The Kier molecular flexibility index (Phi) is 4.88. The quantitative estimate of drug-likeness (QED) is 0.724. The summed E-state index contributed by atoms with van der Waals surface area (Å²) in [6.07, 6.45) is 1.18. The number of nitrogens with zero attached hydrogens (tertiary/aromatic N) is 2. The van der Waals surface area contributed by atoms with Gasteiger partial charge in [0, 0.05) is 12.8 Å². The van der Waals surface area contributed by atoms with E-state index in [0.29, 0.717) is 5.89 Å². The lowest BCUT2D eigenvalue weighted by Gasteiger charge is -2.05. The first kappa shape index (κ1) is 13.9. The Morgan fingerprint density at radius 1 is 1.41 bits per heavy atom. The van der Waals surface area contributed by atoms with Crippen molar-refractivity contribution in [1.29, 1.82) is 0 Å². The number of nitrogens with one attached hydrogen (secondary N) is 2. The lowest BCUT2D eigenvalue weighted by molar-refractivity contribution is 0.429. The molecule has 0 aliphatic carbocycles. The Balaban J connectivity index is 2.46. The molecule has 17 heavy (non-hydrogen) atoms. The molecule has 0 spiro atoms. The normalized spacial score (nSPS) is 13.6. The van der Waals surface area contributed by atoms with Crippen molar-refractivity contribution in [2.75, 3.05) is 30.4 Å². The molecule has 98 valence electrons. The summed E-state index contributed by atoms with van der Waals surface area (Å²) in [7, 11) is -2.98. The summed E-state index contributed by atoms with van der Waals surface area (Å²) >= 11 is 0. The molecule has 0 bridgehead atoms. The Hall–Kier alpha value is -1.15. The highest BCUT2D eigenvalue weighted by atomic mass is 32.2. The van der Waals surface area contributed by atoms with Gasteiger partial charge >= 0.3 is 6.01 Å². The van der Waals surface area contributed by atoms with Gasteiger partial charge in [-0.25, -0.2) is 8.42 Å². The fourth-order valence-electron chi connectivity index (χ4n) is 1.22. The van der Waals surface area contributed by atoms with Crippen LogP contribution in [0.15, 0.2) is 4.42 Å². The van der Waals surface area contributed by atoms with E-state index in [2.05, 4.69) is 20.8 Å². The molecule has 0 aromatic carbocycles. The van der Waals surface area contributed by atoms with E-state index in [0.717, 1.165) is 6.54 Å². The van der Waals surface area contributed by atoms with E-state index in [9.17, 15) is 8.42 Å². The van der Waals surface area contributed by atoms with Gasteiger partial charge in [0.15, 0.2) is 0 Å². The van der Waals surface area contributed by atoms with E-state index >= 15 is 0 Å². The number of aromatic nitrogens is 2. The molecule has 1 aromatic rings. The number of anilines is 1. The minimum absolute atomic E-state index is 0.0158. The van der Waals surface area contributed by atoms with Crippen LogP contribution in [0.4, 0.5) is 6.01 Å². The Morgan fingerprint density at radius 3 is 2.71 bits per heavy atom. The van der Waals surface area contributed by atoms with E-state index in [4.69, 9.17) is 4.42 Å². The monoisotopic (exact) mass is 262 g/mol. The van der Waals surface area contributed by atoms with Crippen molar-refractivity contribution < 1.29 is 12.8 Å². The highest BCUT2D eigenvalue weighted by Gasteiger charge is 2.12. The molecule has 0 saturated carbocycles. The molecule has 1 atom stereocenters. The van der Waals surface area contributed by atoms with Crippen LogP contribution in [0.2, 0.25) is 0 Å². The van der Waals surface area contributed by atoms with Gasteiger partial charge in [0.1, 0.15) is 9.84 Å². The van der Waals surface area contributed by atoms with Crippen LogP contribution in [-0.2, 0) is 9.84 Å². The molecular formula is C9H18N4O3S. The van der Waals surface area contributed by atoms with Crippen LogP contribution in [0.25, 0.3) is 0 Å². The Morgan fingerprint density at radius 2 is 2.12 bits per heavy atom. The van der Waals surface area contributed by atoms with Gasteiger partial charge in [0.2, 0.25) is 5.89 Å². The van der Waals surface area contributed by atoms with E-state index in [1.807, 2.05) is 13.8 Å². The maximum Gasteiger partial charge on any atom is 0.315 e. The first-order chi connectivity index (χ1) is 7.92. The SMILES string of the molecule is CCNC(C)c1nnc(NCCS(C)(=O)=O)o1. The van der Waals surface area contributed by atoms with Gasteiger partial charge in [0.05, 0.1) is 11.8 Å². The number of rotatable bonds is 7. The molecule has 1 rings (SSSR count). The zero-order valence-electron chi connectivity index (χ0n) is 10.2. The smallest absolute Gasteiger partial charge is 0.315 e. The lowest BCUT2D eigenvalue weighted by Crippen LogP contribution is -2.17. The predicted molar refractivity (Wildman–Crippen MR) is 64.6 cm³/mol. The summed E-state index contributed by atoms with van der Waals surface area (Å²) in [5.74, 6) is 0.515. The molecule has 1 heterocycles. The lowest BCUT2D eigenvalue weighted by atomic mass is 10.3. The first-order valence-corrected chi connectivity index (χ1v) is 7.47. The van der Waals surface area contributed by atoms with Crippen LogP contribution >= 0.6 is 0 Å². The fraction of sp³-hybridized carbons (Fsp3) is 0.778. The molecule has 0 aliphatic heterocycles. The van der Waals surface area contributed by atoms with Crippen molar-refractivity contribution in [3.63, 3.8) is 0 Å². The second-order valence-corrected chi connectivity index (χ2v) is 6.04.